The number of rotatable bonds is 2. The van der Waals surface area contributed by atoms with Crippen LogP contribution in [0.1, 0.15) is 29.8 Å². The smallest absolute Gasteiger partial charge is 0.289 e. The number of ether oxygens (including phenoxy) is 1. The fourth-order valence-electron chi connectivity index (χ4n) is 4.60. The predicted octanol–water partition coefficient (Wildman–Crippen LogP) is 3.01. The first-order valence-electron chi connectivity index (χ1n) is 9.35. The van der Waals surface area contributed by atoms with E-state index in [1.54, 1.807) is 25.3 Å². The number of benzene rings is 1. The zero-order valence-electron chi connectivity index (χ0n) is 15.7. The van der Waals surface area contributed by atoms with Crippen molar-refractivity contribution in [3.8, 4) is 5.75 Å². The van der Waals surface area contributed by atoms with Gasteiger partial charge in [-0.25, -0.2) is 0 Å². The summed E-state index contributed by atoms with van der Waals surface area (Å²) in [5.74, 6) is 0.640. The molecule has 0 bridgehead atoms. The molecule has 3 heterocycles. The molecule has 2 fully saturated rings. The number of piperidine rings is 2. The predicted molar refractivity (Wildman–Crippen MR) is 103 cm³/mol. The molecule has 0 radical (unpaired) electrons. The summed E-state index contributed by atoms with van der Waals surface area (Å²) in [4.78, 5) is 17.2. The third-order valence-electron chi connectivity index (χ3n) is 5.95. The topological polar surface area (TPSA) is 66.2 Å². The van der Waals surface area contributed by atoms with Crippen molar-refractivity contribution >= 4 is 28.5 Å². The number of hydrogen-bond donors (Lipinski definition) is 1. The summed E-state index contributed by atoms with van der Waals surface area (Å²) in [6.07, 6.45) is 2.19. The average Bonchev–Trinajstić information content (AvgIpc) is 3.07. The molecular formula is C20H25ClN2O4. The molecule has 2 aliphatic heterocycles. The molecule has 1 aromatic carbocycles. The Hall–Kier alpha value is -1.76. The number of amides is 1. The highest BCUT2D eigenvalue weighted by Crippen LogP contribution is 2.39. The van der Waals surface area contributed by atoms with Crippen molar-refractivity contribution < 1.29 is 19.1 Å². The van der Waals surface area contributed by atoms with E-state index in [1.807, 2.05) is 4.90 Å². The van der Waals surface area contributed by atoms with Crippen LogP contribution in [0.3, 0.4) is 0 Å². The second-order valence-electron chi connectivity index (χ2n) is 7.87. The molecule has 1 amide bonds. The summed E-state index contributed by atoms with van der Waals surface area (Å²) in [5.41, 5.74) is 0.267. The van der Waals surface area contributed by atoms with Crippen molar-refractivity contribution in [1.29, 1.82) is 0 Å². The Morgan fingerprint density at radius 1 is 1.33 bits per heavy atom. The number of halogens is 1. The van der Waals surface area contributed by atoms with Crippen LogP contribution in [-0.2, 0) is 0 Å². The molecule has 6 nitrogen and oxygen atoms in total. The standard InChI is InChI=1S/C20H25ClN2O4/c1-22-7-4-17(24)20(11-22)5-3-6-23(12-20)19(25)16-9-13-8-14(21)10-15(26-2)18(13)27-16/h8-10,17,24H,3-7,11-12H2,1-2H3/t17-,20-/m0/s1. The van der Waals surface area contributed by atoms with E-state index in [0.717, 1.165) is 37.7 Å². The molecular weight excluding hydrogens is 368 g/mol. The minimum atomic E-state index is -0.376. The Labute approximate surface area is 163 Å². The monoisotopic (exact) mass is 392 g/mol. The van der Waals surface area contributed by atoms with E-state index >= 15 is 0 Å². The van der Waals surface area contributed by atoms with Crippen LogP contribution in [0.2, 0.25) is 5.02 Å². The highest BCUT2D eigenvalue weighted by Gasteiger charge is 2.46. The lowest BCUT2D eigenvalue weighted by Gasteiger charge is -2.50. The highest BCUT2D eigenvalue weighted by molar-refractivity contribution is 6.31. The molecule has 0 aliphatic carbocycles. The maximum Gasteiger partial charge on any atom is 0.289 e. The van der Waals surface area contributed by atoms with E-state index in [4.69, 9.17) is 20.8 Å². The van der Waals surface area contributed by atoms with Crippen molar-refractivity contribution in [2.45, 2.75) is 25.4 Å². The minimum Gasteiger partial charge on any atom is -0.493 e. The van der Waals surface area contributed by atoms with E-state index < -0.39 is 0 Å². The van der Waals surface area contributed by atoms with Gasteiger partial charge in [-0.05, 0) is 38.4 Å². The molecule has 0 saturated carbocycles. The van der Waals surface area contributed by atoms with Crippen molar-refractivity contribution in [3.63, 3.8) is 0 Å². The molecule has 2 aliphatic rings. The van der Waals surface area contributed by atoms with Crippen LogP contribution in [-0.4, -0.2) is 67.3 Å². The fraction of sp³-hybridized carbons (Fsp3) is 0.550. The number of nitrogens with zero attached hydrogens (tertiary/aromatic N) is 2. The summed E-state index contributed by atoms with van der Waals surface area (Å²) in [5, 5.41) is 11.9. The molecule has 2 atom stereocenters. The summed E-state index contributed by atoms with van der Waals surface area (Å²) in [7, 11) is 3.62. The van der Waals surface area contributed by atoms with E-state index in [2.05, 4.69) is 11.9 Å². The number of fused-ring (bicyclic) bond motifs is 1. The van der Waals surface area contributed by atoms with Gasteiger partial charge in [-0.1, -0.05) is 11.6 Å². The first kappa shape index (κ1) is 18.6. The number of hydrogen-bond acceptors (Lipinski definition) is 5. The Morgan fingerprint density at radius 3 is 2.93 bits per heavy atom. The first-order chi connectivity index (χ1) is 12.9. The lowest BCUT2D eigenvalue weighted by Crippen LogP contribution is -2.59. The lowest BCUT2D eigenvalue weighted by molar-refractivity contribution is -0.0734. The van der Waals surface area contributed by atoms with Gasteiger partial charge >= 0.3 is 0 Å². The van der Waals surface area contributed by atoms with Crippen molar-refractivity contribution in [1.82, 2.24) is 9.80 Å². The molecule has 1 aromatic heterocycles. The maximum atomic E-state index is 13.1. The highest BCUT2D eigenvalue weighted by atomic mass is 35.5. The van der Waals surface area contributed by atoms with Crippen molar-refractivity contribution in [3.05, 3.63) is 29.0 Å². The minimum absolute atomic E-state index is 0.149. The number of carbonyl (C=O) groups excluding carboxylic acids is 1. The third kappa shape index (κ3) is 3.30. The molecule has 27 heavy (non-hydrogen) atoms. The molecule has 4 rings (SSSR count). The zero-order valence-corrected chi connectivity index (χ0v) is 16.5. The molecule has 0 unspecified atom stereocenters. The molecule has 7 heteroatoms. The number of aliphatic hydroxyl groups excluding tert-OH is 1. The largest absolute Gasteiger partial charge is 0.493 e. The Balaban J connectivity index is 1.62. The number of carbonyl (C=O) groups is 1. The summed E-state index contributed by atoms with van der Waals surface area (Å²) < 4.78 is 11.2. The van der Waals surface area contributed by atoms with Crippen molar-refractivity contribution in [2.75, 3.05) is 40.3 Å². The Morgan fingerprint density at radius 2 is 2.15 bits per heavy atom. The van der Waals surface area contributed by atoms with Gasteiger partial charge in [-0.3, -0.25) is 4.79 Å². The third-order valence-corrected chi connectivity index (χ3v) is 6.17. The van der Waals surface area contributed by atoms with Gasteiger partial charge in [-0.15, -0.1) is 0 Å². The second-order valence-corrected chi connectivity index (χ2v) is 8.31. The number of aliphatic hydroxyl groups is 1. The van der Waals surface area contributed by atoms with Gasteiger partial charge in [0.25, 0.3) is 5.91 Å². The summed E-state index contributed by atoms with van der Waals surface area (Å²) in [6.45, 7) is 2.92. The molecule has 2 aromatic rings. The second kappa shape index (κ2) is 7.00. The number of furan rings is 1. The van der Waals surface area contributed by atoms with Gasteiger partial charge < -0.3 is 24.1 Å². The molecule has 2 saturated heterocycles. The normalized spacial score (nSPS) is 26.7. The van der Waals surface area contributed by atoms with Gasteiger partial charge in [-0.2, -0.15) is 0 Å². The lowest BCUT2D eigenvalue weighted by atomic mass is 9.71. The zero-order chi connectivity index (χ0) is 19.2. The van der Waals surface area contributed by atoms with Crippen LogP contribution in [0.15, 0.2) is 22.6 Å². The van der Waals surface area contributed by atoms with Crippen LogP contribution >= 0.6 is 11.6 Å². The Bertz CT molecular complexity index is 867. The van der Waals surface area contributed by atoms with E-state index in [1.165, 1.54) is 0 Å². The molecule has 146 valence electrons. The summed E-state index contributed by atoms with van der Waals surface area (Å²) >= 11 is 6.12. The van der Waals surface area contributed by atoms with Gasteiger partial charge in [0.05, 0.1) is 13.2 Å². The molecule has 1 N–H and O–H groups in total. The number of methoxy groups -OCH3 is 1. The maximum absolute atomic E-state index is 13.1. The van der Waals surface area contributed by atoms with Gasteiger partial charge in [0.1, 0.15) is 0 Å². The van der Waals surface area contributed by atoms with E-state index in [0.29, 0.717) is 29.4 Å². The number of likely N-dealkylation sites (tertiary alicyclic amines) is 2. The van der Waals surface area contributed by atoms with Gasteiger partial charge in [0.15, 0.2) is 17.1 Å². The summed E-state index contributed by atoms with van der Waals surface area (Å²) in [6, 6.07) is 5.15. The first-order valence-corrected chi connectivity index (χ1v) is 9.73. The van der Waals surface area contributed by atoms with Gasteiger partial charge in [0.2, 0.25) is 0 Å². The van der Waals surface area contributed by atoms with Crippen molar-refractivity contribution in [2.24, 2.45) is 5.41 Å². The van der Waals surface area contributed by atoms with Crippen LogP contribution in [0.4, 0.5) is 0 Å². The SMILES string of the molecule is COc1cc(Cl)cc2cc(C(=O)N3CCC[C@]4(CN(C)CC[C@@H]4O)C3)oc12. The van der Waals surface area contributed by atoms with Crippen LogP contribution in [0.5, 0.6) is 5.75 Å². The fourth-order valence-corrected chi connectivity index (χ4v) is 4.82. The van der Waals surface area contributed by atoms with E-state index in [-0.39, 0.29) is 23.2 Å². The Kier molecular flexibility index (Phi) is 4.82. The molecule has 1 spiro atoms. The quantitative estimate of drug-likeness (QED) is 0.851. The van der Waals surface area contributed by atoms with Crippen LogP contribution in [0, 0.1) is 5.41 Å². The van der Waals surface area contributed by atoms with Crippen LogP contribution < -0.4 is 4.74 Å². The van der Waals surface area contributed by atoms with E-state index in [9.17, 15) is 9.90 Å². The van der Waals surface area contributed by atoms with Gasteiger partial charge in [0, 0.05) is 48.1 Å². The average molecular weight is 393 g/mol. The van der Waals surface area contributed by atoms with Crippen LogP contribution in [0.25, 0.3) is 11.0 Å².